The number of amides is 2. The van der Waals surface area contributed by atoms with E-state index < -0.39 is 17.3 Å². The molecule has 1 aliphatic heterocycles. The van der Waals surface area contributed by atoms with Crippen LogP contribution in [-0.2, 0) is 20.9 Å². The number of hydrazone groups is 1. The lowest BCUT2D eigenvalue weighted by Gasteiger charge is -2.23. The fourth-order valence-electron chi connectivity index (χ4n) is 2.61. The summed E-state index contributed by atoms with van der Waals surface area (Å²) in [6, 6.07) is 9.42. The second-order valence-electron chi connectivity index (χ2n) is 6.25. The maximum atomic E-state index is 12.2. The van der Waals surface area contributed by atoms with Gasteiger partial charge in [0, 0.05) is 19.4 Å². The molecule has 126 valence electrons. The number of benzene rings is 1. The number of carbonyl (C=O) groups is 3. The number of carboxylic acid groups (broad SMARTS) is 1. The van der Waals surface area contributed by atoms with E-state index in [0.29, 0.717) is 19.4 Å². The lowest BCUT2D eigenvalue weighted by molar-refractivity contribution is -0.143. The molecule has 2 aliphatic rings. The molecule has 1 aromatic rings. The van der Waals surface area contributed by atoms with Crippen LogP contribution in [0.1, 0.15) is 31.2 Å². The molecule has 1 heterocycles. The van der Waals surface area contributed by atoms with Crippen LogP contribution < -0.4 is 5.32 Å². The van der Waals surface area contributed by atoms with Crippen molar-refractivity contribution >= 4 is 23.5 Å². The molecule has 7 nitrogen and oxygen atoms in total. The second kappa shape index (κ2) is 6.43. The summed E-state index contributed by atoms with van der Waals surface area (Å²) in [5.74, 6) is -1.40. The molecular weight excluding hydrogens is 310 g/mol. The Kier molecular flexibility index (Phi) is 4.33. The molecule has 2 N–H and O–H groups in total. The van der Waals surface area contributed by atoms with E-state index in [0.717, 1.165) is 5.56 Å². The molecule has 0 saturated heterocycles. The van der Waals surface area contributed by atoms with E-state index in [4.69, 9.17) is 5.11 Å². The highest BCUT2D eigenvalue weighted by molar-refractivity contribution is 6.39. The van der Waals surface area contributed by atoms with Gasteiger partial charge < -0.3 is 10.4 Å². The Balaban J connectivity index is 1.64. The topological polar surface area (TPSA) is 99.1 Å². The van der Waals surface area contributed by atoms with Crippen LogP contribution in [-0.4, -0.2) is 40.2 Å². The van der Waals surface area contributed by atoms with E-state index in [1.165, 1.54) is 5.01 Å². The summed E-state index contributed by atoms with van der Waals surface area (Å²) < 4.78 is 0. The maximum Gasteiger partial charge on any atom is 0.311 e. The Morgan fingerprint density at radius 2 is 1.92 bits per heavy atom. The molecule has 24 heavy (non-hydrogen) atoms. The van der Waals surface area contributed by atoms with Gasteiger partial charge in [-0.25, -0.2) is 5.01 Å². The van der Waals surface area contributed by atoms with Gasteiger partial charge in [-0.05, 0) is 18.4 Å². The summed E-state index contributed by atoms with van der Waals surface area (Å²) in [7, 11) is 0. The molecule has 0 bridgehead atoms. The monoisotopic (exact) mass is 329 g/mol. The third-order valence-corrected chi connectivity index (χ3v) is 4.44. The van der Waals surface area contributed by atoms with Crippen LogP contribution in [0.2, 0.25) is 0 Å². The van der Waals surface area contributed by atoms with Gasteiger partial charge in [0.25, 0.3) is 5.91 Å². The van der Waals surface area contributed by atoms with Gasteiger partial charge in [-0.1, -0.05) is 30.3 Å². The molecule has 2 amide bonds. The standard InChI is InChI=1S/C17H19N3O4/c21-14-7-6-13(15(22)18-11-17(8-9-17)16(23)24)19-20(14)10-12-4-2-1-3-5-12/h1-5H,6-11H2,(H,18,22)(H,23,24). The van der Waals surface area contributed by atoms with Crippen LogP contribution in [0.4, 0.5) is 0 Å². The highest BCUT2D eigenvalue weighted by Gasteiger charge is 2.50. The van der Waals surface area contributed by atoms with Crippen molar-refractivity contribution in [3.8, 4) is 0 Å². The van der Waals surface area contributed by atoms with E-state index >= 15 is 0 Å². The lowest BCUT2D eigenvalue weighted by atomic mass is 10.1. The smallest absolute Gasteiger partial charge is 0.311 e. The first-order valence-corrected chi connectivity index (χ1v) is 7.93. The molecule has 0 spiro atoms. The average molecular weight is 329 g/mol. The number of hydrogen-bond donors (Lipinski definition) is 2. The Hall–Kier alpha value is -2.70. The molecule has 3 rings (SSSR count). The highest BCUT2D eigenvalue weighted by atomic mass is 16.4. The van der Waals surface area contributed by atoms with Gasteiger partial charge >= 0.3 is 5.97 Å². The van der Waals surface area contributed by atoms with Crippen molar-refractivity contribution in [1.82, 2.24) is 10.3 Å². The average Bonchev–Trinajstić information content (AvgIpc) is 3.37. The largest absolute Gasteiger partial charge is 0.481 e. The van der Waals surface area contributed by atoms with Gasteiger partial charge in [0.1, 0.15) is 5.71 Å². The third kappa shape index (κ3) is 3.45. The number of nitrogens with zero attached hydrogens (tertiary/aromatic N) is 2. The third-order valence-electron chi connectivity index (χ3n) is 4.44. The molecule has 1 aliphatic carbocycles. The van der Waals surface area contributed by atoms with Crippen molar-refractivity contribution in [3.63, 3.8) is 0 Å². The molecule has 1 saturated carbocycles. The first-order chi connectivity index (χ1) is 11.5. The predicted molar refractivity (Wildman–Crippen MR) is 86.0 cm³/mol. The summed E-state index contributed by atoms with van der Waals surface area (Å²) >= 11 is 0. The number of hydrogen-bond acceptors (Lipinski definition) is 4. The molecule has 1 fully saturated rings. The van der Waals surface area contributed by atoms with Crippen LogP contribution >= 0.6 is 0 Å². The summed E-state index contributed by atoms with van der Waals surface area (Å²) in [5, 5.41) is 17.2. The summed E-state index contributed by atoms with van der Waals surface area (Å²) in [6.07, 6.45) is 1.65. The fraction of sp³-hybridized carbons (Fsp3) is 0.412. The number of nitrogens with one attached hydrogen (secondary N) is 1. The van der Waals surface area contributed by atoms with E-state index in [-0.39, 0.29) is 31.0 Å². The number of carbonyl (C=O) groups excluding carboxylic acids is 2. The van der Waals surface area contributed by atoms with Gasteiger partial charge in [0.2, 0.25) is 5.91 Å². The zero-order valence-electron chi connectivity index (χ0n) is 13.2. The summed E-state index contributed by atoms with van der Waals surface area (Å²) in [6.45, 7) is 0.419. The molecule has 7 heteroatoms. The zero-order valence-corrected chi connectivity index (χ0v) is 13.2. The molecule has 0 aromatic heterocycles. The summed E-state index contributed by atoms with van der Waals surface area (Å²) in [4.78, 5) is 35.4. The van der Waals surface area contributed by atoms with Crippen LogP contribution in [0.3, 0.4) is 0 Å². The number of aliphatic carboxylic acids is 1. The first kappa shape index (κ1) is 16.2. The SMILES string of the molecule is O=C(NCC1(C(=O)O)CC1)C1=NN(Cc2ccccc2)C(=O)CC1. The van der Waals surface area contributed by atoms with Crippen molar-refractivity contribution in [2.75, 3.05) is 6.54 Å². The lowest BCUT2D eigenvalue weighted by Crippen LogP contribution is -2.41. The maximum absolute atomic E-state index is 12.2. The van der Waals surface area contributed by atoms with Gasteiger partial charge in [-0.3, -0.25) is 14.4 Å². The van der Waals surface area contributed by atoms with Gasteiger partial charge in [-0.2, -0.15) is 5.10 Å². The van der Waals surface area contributed by atoms with E-state index in [2.05, 4.69) is 10.4 Å². The van der Waals surface area contributed by atoms with Gasteiger partial charge in [0.15, 0.2) is 0 Å². The number of rotatable bonds is 6. The van der Waals surface area contributed by atoms with E-state index in [9.17, 15) is 14.4 Å². The Bertz CT molecular complexity index is 695. The van der Waals surface area contributed by atoms with Crippen LogP contribution in [0.25, 0.3) is 0 Å². The minimum absolute atomic E-state index is 0.104. The van der Waals surface area contributed by atoms with Gasteiger partial charge in [-0.15, -0.1) is 0 Å². The van der Waals surface area contributed by atoms with Crippen molar-refractivity contribution < 1.29 is 19.5 Å². The minimum Gasteiger partial charge on any atom is -0.481 e. The first-order valence-electron chi connectivity index (χ1n) is 7.93. The van der Waals surface area contributed by atoms with Crippen molar-refractivity contribution in [1.29, 1.82) is 0 Å². The molecular formula is C17H19N3O4. The highest BCUT2D eigenvalue weighted by Crippen LogP contribution is 2.45. The van der Waals surface area contributed by atoms with E-state index in [1.54, 1.807) is 0 Å². The Labute approximate surface area is 139 Å². The number of carboxylic acids is 1. The van der Waals surface area contributed by atoms with Crippen LogP contribution in [0, 0.1) is 5.41 Å². The zero-order chi connectivity index (χ0) is 17.2. The molecule has 0 atom stereocenters. The van der Waals surface area contributed by atoms with Gasteiger partial charge in [0.05, 0.1) is 12.0 Å². The molecule has 1 aromatic carbocycles. The Morgan fingerprint density at radius 3 is 2.54 bits per heavy atom. The molecule has 0 unspecified atom stereocenters. The van der Waals surface area contributed by atoms with Crippen LogP contribution in [0.5, 0.6) is 0 Å². The van der Waals surface area contributed by atoms with Crippen molar-refractivity contribution in [2.24, 2.45) is 10.5 Å². The Morgan fingerprint density at radius 1 is 1.21 bits per heavy atom. The van der Waals surface area contributed by atoms with E-state index in [1.807, 2.05) is 30.3 Å². The normalized spacial score (nSPS) is 18.8. The fourth-order valence-corrected chi connectivity index (χ4v) is 2.61. The van der Waals surface area contributed by atoms with Crippen molar-refractivity contribution in [3.05, 3.63) is 35.9 Å². The van der Waals surface area contributed by atoms with Crippen molar-refractivity contribution in [2.45, 2.75) is 32.2 Å². The second-order valence-corrected chi connectivity index (χ2v) is 6.25. The van der Waals surface area contributed by atoms with Crippen LogP contribution in [0.15, 0.2) is 35.4 Å². The molecule has 0 radical (unpaired) electrons. The quantitative estimate of drug-likeness (QED) is 0.817. The summed E-state index contributed by atoms with van der Waals surface area (Å²) in [5.41, 5.74) is 0.385. The predicted octanol–water partition coefficient (Wildman–Crippen LogP) is 1.15. The minimum atomic E-state index is -0.880.